The molecule has 0 fully saturated rings. The van der Waals surface area contributed by atoms with E-state index in [4.69, 9.17) is 15.6 Å². The number of rotatable bonds is 9. The smallest absolute Gasteiger partial charge is 0.204 e. The zero-order chi connectivity index (χ0) is 20.6. The van der Waals surface area contributed by atoms with Gasteiger partial charge in [0.05, 0.1) is 18.7 Å². The van der Waals surface area contributed by atoms with Crippen LogP contribution >= 0.6 is 0 Å². The number of carbonyl (C=O) groups excluding carboxylic acids is 1. The summed E-state index contributed by atoms with van der Waals surface area (Å²) in [4.78, 5) is 13.4. The zero-order valence-corrected chi connectivity index (χ0v) is 16.1. The number of nitrogens with one attached hydrogen (secondary N) is 3. The Bertz CT molecular complexity index is 987. The molecule has 0 aromatic heterocycles. The Hall–Kier alpha value is -3.73. The predicted octanol–water partition coefficient (Wildman–Crippen LogP) is 4.87. The summed E-state index contributed by atoms with van der Waals surface area (Å²) < 4.78 is 5.27. The van der Waals surface area contributed by atoms with Gasteiger partial charge >= 0.3 is 0 Å². The van der Waals surface area contributed by atoms with E-state index in [-0.39, 0.29) is 11.5 Å². The summed E-state index contributed by atoms with van der Waals surface area (Å²) in [6, 6.07) is 25.1. The van der Waals surface area contributed by atoms with Crippen molar-refractivity contribution in [3.05, 3.63) is 96.1 Å². The van der Waals surface area contributed by atoms with Crippen LogP contribution in [0.15, 0.2) is 84.9 Å². The van der Waals surface area contributed by atoms with Crippen molar-refractivity contribution in [1.82, 2.24) is 0 Å². The van der Waals surface area contributed by atoms with Gasteiger partial charge in [0, 0.05) is 18.0 Å². The van der Waals surface area contributed by atoms with Gasteiger partial charge < -0.3 is 20.9 Å². The molecule has 0 saturated carbocycles. The monoisotopic (exact) mass is 385 g/mol. The topological polar surface area (TPSA) is 86.0 Å². The molecule has 0 aliphatic heterocycles. The van der Waals surface area contributed by atoms with E-state index in [1.807, 2.05) is 78.9 Å². The van der Waals surface area contributed by atoms with E-state index in [0.29, 0.717) is 11.4 Å². The standard InChI is InChI=1S/C24H23N3O2/c1-29-20-14-8-13-19(15-20)27-23(18-11-6-3-7-12-18)24(28)22(26)21(16-25)17-9-4-2-5-10-17/h2-16,21,23,25-27H,1H3. The summed E-state index contributed by atoms with van der Waals surface area (Å²) in [6.45, 7) is 0. The maximum Gasteiger partial charge on any atom is 0.204 e. The lowest BCUT2D eigenvalue weighted by Gasteiger charge is -2.22. The quantitative estimate of drug-likeness (QED) is 0.459. The number of carbonyl (C=O) groups is 1. The summed E-state index contributed by atoms with van der Waals surface area (Å²) in [6.07, 6.45) is 1.14. The summed E-state index contributed by atoms with van der Waals surface area (Å²) in [7, 11) is 1.59. The van der Waals surface area contributed by atoms with Gasteiger partial charge in [-0.3, -0.25) is 4.79 Å². The molecule has 0 spiro atoms. The van der Waals surface area contributed by atoms with Crippen molar-refractivity contribution in [1.29, 1.82) is 10.8 Å². The number of hydrogen-bond acceptors (Lipinski definition) is 5. The van der Waals surface area contributed by atoms with Crippen LogP contribution in [0.5, 0.6) is 5.75 Å². The van der Waals surface area contributed by atoms with Gasteiger partial charge in [-0.15, -0.1) is 0 Å². The number of ether oxygens (including phenoxy) is 1. The molecule has 146 valence electrons. The molecule has 3 rings (SSSR count). The summed E-state index contributed by atoms with van der Waals surface area (Å²) in [5.41, 5.74) is 2.08. The Morgan fingerprint density at radius 1 is 0.931 bits per heavy atom. The highest BCUT2D eigenvalue weighted by Gasteiger charge is 2.29. The van der Waals surface area contributed by atoms with Crippen LogP contribution in [0.1, 0.15) is 23.1 Å². The second kappa shape index (κ2) is 9.46. The second-order valence-electron chi connectivity index (χ2n) is 6.55. The van der Waals surface area contributed by atoms with E-state index in [2.05, 4.69) is 5.32 Å². The minimum absolute atomic E-state index is 0.129. The number of Topliss-reactive ketones (excluding diaryl/α,β-unsaturated/α-hetero) is 1. The number of ketones is 1. The third-order valence-electron chi connectivity index (χ3n) is 4.68. The summed E-state index contributed by atoms with van der Waals surface area (Å²) >= 11 is 0. The Morgan fingerprint density at radius 3 is 2.14 bits per heavy atom. The van der Waals surface area contributed by atoms with Crippen molar-refractivity contribution in [2.75, 3.05) is 12.4 Å². The lowest BCUT2D eigenvalue weighted by molar-refractivity contribution is -0.113. The first-order chi connectivity index (χ1) is 14.1. The van der Waals surface area contributed by atoms with Gasteiger partial charge in [0.1, 0.15) is 11.8 Å². The molecule has 0 amide bonds. The molecule has 0 aliphatic carbocycles. The SMILES string of the molecule is COc1cccc(NC(C(=O)C(=N)C(C=N)c2ccccc2)c2ccccc2)c1. The Morgan fingerprint density at radius 2 is 1.55 bits per heavy atom. The van der Waals surface area contributed by atoms with E-state index in [0.717, 1.165) is 17.3 Å². The first-order valence-electron chi connectivity index (χ1n) is 9.27. The molecule has 3 aromatic rings. The molecular formula is C24H23N3O2. The molecule has 2 atom stereocenters. The average molecular weight is 385 g/mol. The largest absolute Gasteiger partial charge is 0.497 e. The van der Waals surface area contributed by atoms with Crippen LogP contribution < -0.4 is 10.1 Å². The van der Waals surface area contributed by atoms with Crippen LogP contribution in [0.2, 0.25) is 0 Å². The molecule has 29 heavy (non-hydrogen) atoms. The van der Waals surface area contributed by atoms with E-state index in [1.165, 1.54) is 0 Å². The van der Waals surface area contributed by atoms with E-state index < -0.39 is 12.0 Å². The molecule has 0 bridgehead atoms. The van der Waals surface area contributed by atoms with Crippen LogP contribution in [0.4, 0.5) is 5.69 Å². The summed E-state index contributed by atoms with van der Waals surface area (Å²) in [5.74, 6) is -0.399. The van der Waals surface area contributed by atoms with E-state index in [9.17, 15) is 4.79 Å². The molecule has 0 heterocycles. The van der Waals surface area contributed by atoms with Gasteiger partial charge in [0.2, 0.25) is 5.78 Å². The fourth-order valence-electron chi connectivity index (χ4n) is 3.14. The number of methoxy groups -OCH3 is 1. The van der Waals surface area contributed by atoms with Crippen molar-refractivity contribution in [2.45, 2.75) is 12.0 Å². The van der Waals surface area contributed by atoms with Crippen molar-refractivity contribution >= 4 is 23.4 Å². The van der Waals surface area contributed by atoms with Crippen molar-refractivity contribution < 1.29 is 9.53 Å². The van der Waals surface area contributed by atoms with Gasteiger partial charge in [-0.2, -0.15) is 0 Å². The highest BCUT2D eigenvalue weighted by Crippen LogP contribution is 2.26. The molecule has 3 N–H and O–H groups in total. The maximum absolute atomic E-state index is 13.4. The third kappa shape index (κ3) is 4.76. The van der Waals surface area contributed by atoms with Gasteiger partial charge in [0.25, 0.3) is 0 Å². The van der Waals surface area contributed by atoms with E-state index >= 15 is 0 Å². The minimum atomic E-state index is -0.748. The normalized spacial score (nSPS) is 12.4. The van der Waals surface area contributed by atoms with Gasteiger partial charge in [0.15, 0.2) is 0 Å². The van der Waals surface area contributed by atoms with Gasteiger partial charge in [-0.25, -0.2) is 0 Å². The second-order valence-corrected chi connectivity index (χ2v) is 6.55. The predicted molar refractivity (Wildman–Crippen MR) is 117 cm³/mol. The fraction of sp³-hybridized carbons (Fsp3) is 0.125. The van der Waals surface area contributed by atoms with Crippen molar-refractivity contribution in [3.8, 4) is 5.75 Å². The van der Waals surface area contributed by atoms with Gasteiger partial charge in [-0.1, -0.05) is 66.7 Å². The maximum atomic E-state index is 13.4. The minimum Gasteiger partial charge on any atom is -0.497 e. The van der Waals surface area contributed by atoms with Crippen LogP contribution in [0.25, 0.3) is 0 Å². The van der Waals surface area contributed by atoms with Crippen LogP contribution in [-0.4, -0.2) is 24.8 Å². The third-order valence-corrected chi connectivity index (χ3v) is 4.68. The lowest BCUT2D eigenvalue weighted by Crippen LogP contribution is -2.31. The molecule has 0 aliphatic rings. The van der Waals surface area contributed by atoms with Crippen molar-refractivity contribution in [2.24, 2.45) is 0 Å². The zero-order valence-electron chi connectivity index (χ0n) is 16.1. The molecular weight excluding hydrogens is 362 g/mol. The summed E-state index contributed by atoms with van der Waals surface area (Å²) in [5, 5.41) is 19.6. The molecule has 3 aromatic carbocycles. The molecule has 0 radical (unpaired) electrons. The first kappa shape index (κ1) is 20.0. The fourth-order valence-corrected chi connectivity index (χ4v) is 3.14. The average Bonchev–Trinajstić information content (AvgIpc) is 2.79. The van der Waals surface area contributed by atoms with Crippen LogP contribution in [-0.2, 0) is 4.79 Å². The van der Waals surface area contributed by atoms with Gasteiger partial charge in [-0.05, 0) is 23.3 Å². The number of hydrogen-bond donors (Lipinski definition) is 3. The van der Waals surface area contributed by atoms with E-state index in [1.54, 1.807) is 13.2 Å². The first-order valence-corrected chi connectivity index (χ1v) is 9.27. The lowest BCUT2D eigenvalue weighted by atomic mass is 9.88. The Balaban J connectivity index is 1.93. The van der Waals surface area contributed by atoms with Crippen LogP contribution in [0, 0.1) is 10.8 Å². The molecule has 2 unspecified atom stereocenters. The molecule has 5 nitrogen and oxygen atoms in total. The van der Waals surface area contributed by atoms with Crippen LogP contribution in [0.3, 0.4) is 0 Å². The number of benzene rings is 3. The highest BCUT2D eigenvalue weighted by molar-refractivity contribution is 6.45. The molecule has 0 saturated heterocycles. The Kier molecular flexibility index (Phi) is 6.53. The number of anilines is 1. The van der Waals surface area contributed by atoms with Crippen molar-refractivity contribution in [3.63, 3.8) is 0 Å². The Labute approximate surface area is 170 Å². The molecule has 5 heteroatoms. The highest BCUT2D eigenvalue weighted by atomic mass is 16.5.